The Hall–Kier alpha value is -2.36. The van der Waals surface area contributed by atoms with E-state index in [4.69, 9.17) is 4.74 Å². The Morgan fingerprint density at radius 3 is 2.46 bits per heavy atom. The molecule has 0 aromatic heterocycles. The van der Waals surface area contributed by atoms with Crippen LogP contribution in [0.15, 0.2) is 42.5 Å². The van der Waals surface area contributed by atoms with Crippen molar-refractivity contribution in [3.8, 4) is 11.1 Å². The van der Waals surface area contributed by atoms with E-state index in [2.05, 4.69) is 4.72 Å². The monoisotopic (exact) mass is 504 g/mol. The molecule has 1 aliphatic carbocycles. The van der Waals surface area contributed by atoms with E-state index in [-0.39, 0.29) is 23.5 Å². The van der Waals surface area contributed by atoms with Crippen LogP contribution in [0.25, 0.3) is 11.1 Å². The van der Waals surface area contributed by atoms with Crippen LogP contribution in [0.3, 0.4) is 0 Å². The summed E-state index contributed by atoms with van der Waals surface area (Å²) in [5, 5.41) is -0.658. The molecular weight excluding hydrogens is 474 g/mol. The third-order valence-corrected chi connectivity index (χ3v) is 9.44. The van der Waals surface area contributed by atoms with Crippen molar-refractivity contribution in [3.63, 3.8) is 0 Å². The quantitative estimate of drug-likeness (QED) is 0.625. The van der Waals surface area contributed by atoms with E-state index in [0.717, 1.165) is 25.0 Å². The number of sulfonamides is 1. The third-order valence-electron chi connectivity index (χ3n) is 7.62. The van der Waals surface area contributed by atoms with Gasteiger partial charge in [-0.1, -0.05) is 30.3 Å². The highest BCUT2D eigenvalue weighted by molar-refractivity contribution is 7.90. The van der Waals surface area contributed by atoms with E-state index < -0.39 is 50.5 Å². The van der Waals surface area contributed by atoms with Crippen LogP contribution in [0.4, 0.5) is 8.78 Å². The smallest absolute Gasteiger partial charge is 0.252 e. The van der Waals surface area contributed by atoms with Gasteiger partial charge in [0, 0.05) is 30.0 Å². The molecule has 1 saturated carbocycles. The number of carbonyl (C=O) groups excluding carboxylic acids is 1. The summed E-state index contributed by atoms with van der Waals surface area (Å²) in [6.45, 7) is 4.07. The van der Waals surface area contributed by atoms with Gasteiger partial charge in [-0.25, -0.2) is 21.9 Å². The number of rotatable bonds is 7. The fourth-order valence-electron chi connectivity index (χ4n) is 5.22. The zero-order chi connectivity index (χ0) is 25.0. The first-order chi connectivity index (χ1) is 16.6. The second-order valence-corrected chi connectivity index (χ2v) is 12.5. The van der Waals surface area contributed by atoms with E-state index in [9.17, 15) is 17.6 Å². The second kappa shape index (κ2) is 8.94. The average Bonchev–Trinajstić information content (AvgIpc) is 3.50. The summed E-state index contributed by atoms with van der Waals surface area (Å²) in [5.74, 6) is -1.36. The number of likely N-dealkylation sites (tertiary alicyclic amines) is 1. The minimum absolute atomic E-state index is 0.00504. The highest BCUT2D eigenvalue weighted by Gasteiger charge is 2.62. The number of nitrogens with one attached hydrogen (secondary N) is 1. The van der Waals surface area contributed by atoms with Crippen LogP contribution < -0.4 is 4.72 Å². The molecule has 0 bridgehead atoms. The first kappa shape index (κ1) is 24.3. The number of benzene rings is 2. The van der Waals surface area contributed by atoms with Crippen molar-refractivity contribution < 1.29 is 26.7 Å². The lowest BCUT2D eigenvalue weighted by atomic mass is 9.91. The molecule has 0 radical (unpaired) electrons. The summed E-state index contributed by atoms with van der Waals surface area (Å²) in [6.07, 6.45) is 1.57. The molecule has 2 heterocycles. The summed E-state index contributed by atoms with van der Waals surface area (Å²) in [5.41, 5.74) is 0.411. The summed E-state index contributed by atoms with van der Waals surface area (Å²) < 4.78 is 64.4. The SMILES string of the molecule is CC(C)S(=O)(=O)N[C@@H]1[C@H](Cc2cc(F)cc(-c3ccccc3)c2F)N(C(=O)[C@H]2CCO2)CC12CC2. The van der Waals surface area contributed by atoms with E-state index in [0.29, 0.717) is 25.1 Å². The third kappa shape index (κ3) is 4.49. The maximum atomic E-state index is 15.7. The number of carbonyl (C=O) groups is 1. The zero-order valence-corrected chi connectivity index (χ0v) is 20.7. The van der Waals surface area contributed by atoms with Gasteiger partial charge in [0.05, 0.1) is 17.9 Å². The Morgan fingerprint density at radius 2 is 1.89 bits per heavy atom. The molecule has 2 aromatic rings. The molecule has 3 aliphatic rings. The molecule has 1 amide bonds. The maximum absolute atomic E-state index is 15.7. The van der Waals surface area contributed by atoms with Gasteiger partial charge in [-0.3, -0.25) is 4.79 Å². The molecule has 2 saturated heterocycles. The van der Waals surface area contributed by atoms with Gasteiger partial charge in [0.15, 0.2) is 0 Å². The van der Waals surface area contributed by atoms with Crippen LogP contribution in [0.5, 0.6) is 0 Å². The van der Waals surface area contributed by atoms with Crippen molar-refractivity contribution in [2.24, 2.45) is 5.41 Å². The lowest BCUT2D eigenvalue weighted by molar-refractivity contribution is -0.157. The van der Waals surface area contributed by atoms with Gasteiger partial charge < -0.3 is 9.64 Å². The fraction of sp³-hybridized carbons (Fsp3) is 0.500. The van der Waals surface area contributed by atoms with Crippen LogP contribution in [-0.4, -0.2) is 55.8 Å². The van der Waals surface area contributed by atoms with Crippen molar-refractivity contribution in [1.29, 1.82) is 0 Å². The molecule has 35 heavy (non-hydrogen) atoms. The van der Waals surface area contributed by atoms with Crippen molar-refractivity contribution in [2.45, 2.75) is 63.0 Å². The van der Waals surface area contributed by atoms with Crippen LogP contribution in [0.1, 0.15) is 38.7 Å². The molecule has 2 aromatic carbocycles. The van der Waals surface area contributed by atoms with E-state index in [1.807, 2.05) is 0 Å². The highest BCUT2D eigenvalue weighted by atomic mass is 32.2. The van der Waals surface area contributed by atoms with Gasteiger partial charge >= 0.3 is 0 Å². The Morgan fingerprint density at radius 1 is 1.20 bits per heavy atom. The van der Waals surface area contributed by atoms with Gasteiger partial charge in [0.2, 0.25) is 10.0 Å². The molecule has 0 unspecified atom stereocenters. The predicted octanol–water partition coefficient (Wildman–Crippen LogP) is 3.65. The molecule has 2 aliphatic heterocycles. The van der Waals surface area contributed by atoms with E-state index >= 15 is 4.39 Å². The number of halogens is 2. The van der Waals surface area contributed by atoms with Crippen molar-refractivity contribution >= 4 is 15.9 Å². The lowest BCUT2D eigenvalue weighted by Gasteiger charge is -2.34. The molecule has 188 valence electrons. The van der Waals surface area contributed by atoms with Crippen LogP contribution in [-0.2, 0) is 26.0 Å². The van der Waals surface area contributed by atoms with E-state index in [1.165, 1.54) is 0 Å². The molecule has 1 spiro atoms. The zero-order valence-electron chi connectivity index (χ0n) is 19.8. The number of hydrogen-bond acceptors (Lipinski definition) is 4. The summed E-state index contributed by atoms with van der Waals surface area (Å²) in [7, 11) is -3.66. The first-order valence-corrected chi connectivity index (χ1v) is 13.6. The highest BCUT2D eigenvalue weighted by Crippen LogP contribution is 2.56. The molecular formula is C26H30F2N2O4S. The van der Waals surface area contributed by atoms with Gasteiger partial charge in [0.25, 0.3) is 5.91 Å². The molecule has 1 N–H and O–H groups in total. The fourth-order valence-corrected chi connectivity index (χ4v) is 6.25. The largest absolute Gasteiger partial charge is 0.368 e. The molecule has 5 rings (SSSR count). The van der Waals surface area contributed by atoms with Crippen molar-refractivity contribution in [3.05, 3.63) is 59.7 Å². The maximum Gasteiger partial charge on any atom is 0.252 e. The number of nitrogens with zero attached hydrogens (tertiary/aromatic N) is 1. The molecule has 9 heteroatoms. The summed E-state index contributed by atoms with van der Waals surface area (Å²) in [6, 6.07) is 9.80. The van der Waals surface area contributed by atoms with Gasteiger partial charge in [-0.2, -0.15) is 0 Å². The Labute approximate surface area is 204 Å². The summed E-state index contributed by atoms with van der Waals surface area (Å²) >= 11 is 0. The topological polar surface area (TPSA) is 75.7 Å². The number of hydrogen-bond donors (Lipinski definition) is 1. The second-order valence-electron chi connectivity index (χ2n) is 10.2. The van der Waals surface area contributed by atoms with Crippen LogP contribution >= 0.6 is 0 Å². The van der Waals surface area contributed by atoms with Crippen LogP contribution in [0, 0.1) is 17.0 Å². The van der Waals surface area contributed by atoms with Crippen molar-refractivity contribution in [2.75, 3.05) is 13.2 Å². The molecule has 6 nitrogen and oxygen atoms in total. The number of amides is 1. The van der Waals surface area contributed by atoms with Crippen molar-refractivity contribution in [1.82, 2.24) is 9.62 Å². The number of ether oxygens (including phenoxy) is 1. The molecule has 3 fully saturated rings. The predicted molar refractivity (Wildman–Crippen MR) is 128 cm³/mol. The van der Waals surface area contributed by atoms with Gasteiger partial charge in [-0.05, 0) is 56.4 Å². The minimum Gasteiger partial charge on any atom is -0.368 e. The Kier molecular flexibility index (Phi) is 6.22. The van der Waals surface area contributed by atoms with E-state index in [1.54, 1.807) is 49.1 Å². The van der Waals surface area contributed by atoms with Gasteiger partial charge in [-0.15, -0.1) is 0 Å². The normalized spacial score (nSPS) is 25.2. The van der Waals surface area contributed by atoms with Gasteiger partial charge in [0.1, 0.15) is 17.7 Å². The average molecular weight is 505 g/mol. The van der Waals surface area contributed by atoms with Crippen LogP contribution in [0.2, 0.25) is 0 Å². The standard InChI is InChI=1S/C26H30F2N2O4S/c1-16(2)35(32,33)29-24-21(30(15-26(24)9-10-26)25(31)22-8-11-34-22)13-18-12-19(27)14-20(23(18)28)17-6-4-3-5-7-17/h3-7,12,14,16,21-22,24,29H,8-11,13,15H2,1-2H3/t21-,22+,24+/m0/s1. The lowest BCUT2D eigenvalue weighted by Crippen LogP contribution is -2.53. The Balaban J connectivity index is 1.54. The summed E-state index contributed by atoms with van der Waals surface area (Å²) in [4.78, 5) is 14.9. The molecule has 3 atom stereocenters. The Bertz CT molecular complexity index is 1230. The first-order valence-electron chi connectivity index (χ1n) is 12.1. The minimum atomic E-state index is -3.66.